The van der Waals surface area contributed by atoms with E-state index in [0.717, 1.165) is 6.07 Å². The lowest BCUT2D eigenvalue weighted by Gasteiger charge is -2.14. The second-order valence-electron chi connectivity index (χ2n) is 6.99. The topological polar surface area (TPSA) is 124 Å². The zero-order chi connectivity index (χ0) is 23.6. The Morgan fingerprint density at radius 1 is 1.03 bits per heavy atom. The number of non-ortho nitro benzene ring substituents is 1. The molecule has 1 aromatic heterocycles. The van der Waals surface area contributed by atoms with Crippen molar-refractivity contribution in [3.05, 3.63) is 87.0 Å². The predicted octanol–water partition coefficient (Wildman–Crippen LogP) is 5.03. The quantitative estimate of drug-likeness (QED) is 0.261. The average Bonchev–Trinajstić information content (AvgIpc) is 2.80. The van der Waals surface area contributed by atoms with Gasteiger partial charge in [-0.2, -0.15) is 0 Å². The summed E-state index contributed by atoms with van der Waals surface area (Å²) >= 11 is 3.46. The largest absolute Gasteiger partial charge is 0.497 e. The number of fused-ring (bicyclic) bond motifs is 1. The normalized spacial score (nSPS) is 11.3. The Labute approximate surface area is 197 Å². The van der Waals surface area contributed by atoms with Gasteiger partial charge in [0.25, 0.3) is 5.69 Å². The van der Waals surface area contributed by atoms with Crippen LogP contribution in [0.1, 0.15) is 5.69 Å². The highest BCUT2D eigenvalue weighted by Gasteiger charge is 2.23. The Kier molecular flexibility index (Phi) is 6.25. The van der Waals surface area contributed by atoms with Gasteiger partial charge in [-0.25, -0.2) is 18.4 Å². The summed E-state index contributed by atoms with van der Waals surface area (Å²) in [7, 11) is -2.42. The minimum atomic E-state index is -3.96. The van der Waals surface area contributed by atoms with Gasteiger partial charge in [0.2, 0.25) is 0 Å². The summed E-state index contributed by atoms with van der Waals surface area (Å²) in [6.45, 7) is 0. The smallest absolute Gasteiger partial charge is 0.270 e. The Morgan fingerprint density at radius 2 is 1.76 bits per heavy atom. The maximum absolute atomic E-state index is 13.1. The van der Waals surface area contributed by atoms with Crippen LogP contribution in [0.25, 0.3) is 11.0 Å². The highest BCUT2D eigenvalue weighted by Crippen LogP contribution is 2.32. The molecule has 0 aliphatic carbocycles. The molecule has 0 aliphatic rings. The summed E-state index contributed by atoms with van der Waals surface area (Å²) in [6, 6.07) is 17.3. The Bertz CT molecular complexity index is 1480. The maximum Gasteiger partial charge on any atom is 0.270 e. The lowest BCUT2D eigenvalue weighted by atomic mass is 10.2. The zero-order valence-electron chi connectivity index (χ0n) is 17.2. The van der Waals surface area contributed by atoms with E-state index >= 15 is 0 Å². The molecular formula is C22H17BrN4O5S. The number of benzene rings is 3. The molecule has 9 nitrogen and oxygen atoms in total. The van der Waals surface area contributed by atoms with Gasteiger partial charge < -0.3 is 10.1 Å². The number of nitro benzene ring substituents is 1. The fourth-order valence-electron chi connectivity index (χ4n) is 3.15. The number of nitrogens with zero attached hydrogens (tertiary/aromatic N) is 3. The maximum atomic E-state index is 13.1. The molecule has 0 bridgehead atoms. The van der Waals surface area contributed by atoms with E-state index in [-0.39, 0.29) is 22.1 Å². The van der Waals surface area contributed by atoms with Crippen LogP contribution < -0.4 is 10.1 Å². The number of anilines is 2. The molecule has 168 valence electrons. The van der Waals surface area contributed by atoms with Crippen LogP contribution in [0.4, 0.5) is 17.2 Å². The third-order valence-electron chi connectivity index (χ3n) is 4.78. The highest BCUT2D eigenvalue weighted by molar-refractivity contribution is 9.10. The molecule has 0 radical (unpaired) electrons. The standard InChI is InChI=1S/C22H17BrN4O5S/c1-32-15-9-10-17(23)20(12-15)26-22-21(24-18-7-2-3-8-19(18)25-22)13-33(30,31)16-6-4-5-14(11-16)27(28)29/h2-12H,13H2,1H3,(H,25,26). The van der Waals surface area contributed by atoms with Crippen LogP contribution in [0.3, 0.4) is 0 Å². The SMILES string of the molecule is COc1ccc(Br)c(Nc2nc3ccccc3nc2CS(=O)(=O)c2cccc([N+](=O)[O-])c2)c1. The molecule has 1 N–H and O–H groups in total. The van der Waals surface area contributed by atoms with Gasteiger partial charge >= 0.3 is 0 Å². The van der Waals surface area contributed by atoms with Crippen LogP contribution in [0.15, 0.2) is 76.1 Å². The number of ether oxygens (including phenoxy) is 1. The lowest BCUT2D eigenvalue weighted by molar-refractivity contribution is -0.385. The lowest BCUT2D eigenvalue weighted by Crippen LogP contribution is -2.11. The van der Waals surface area contributed by atoms with Crippen LogP contribution in [-0.2, 0) is 15.6 Å². The molecule has 11 heteroatoms. The molecule has 3 aromatic carbocycles. The first-order valence-corrected chi connectivity index (χ1v) is 12.0. The van der Waals surface area contributed by atoms with Gasteiger partial charge in [0, 0.05) is 22.7 Å². The second-order valence-corrected chi connectivity index (χ2v) is 9.84. The average molecular weight is 529 g/mol. The van der Waals surface area contributed by atoms with Gasteiger partial charge in [-0.1, -0.05) is 18.2 Å². The Hall–Kier alpha value is -3.57. The summed E-state index contributed by atoms with van der Waals surface area (Å²) < 4.78 is 32.3. The van der Waals surface area contributed by atoms with Crippen molar-refractivity contribution in [1.82, 2.24) is 9.97 Å². The first-order chi connectivity index (χ1) is 15.8. The molecule has 0 aliphatic heterocycles. The van der Waals surface area contributed by atoms with E-state index in [4.69, 9.17) is 4.74 Å². The molecular weight excluding hydrogens is 512 g/mol. The van der Waals surface area contributed by atoms with Crippen molar-refractivity contribution in [2.45, 2.75) is 10.6 Å². The van der Waals surface area contributed by atoms with E-state index in [9.17, 15) is 18.5 Å². The zero-order valence-corrected chi connectivity index (χ0v) is 19.6. The molecule has 0 saturated carbocycles. The summed E-state index contributed by atoms with van der Waals surface area (Å²) in [5.74, 6) is 0.340. The van der Waals surface area contributed by atoms with E-state index in [0.29, 0.717) is 26.9 Å². The fourth-order valence-corrected chi connectivity index (χ4v) is 4.81. The van der Waals surface area contributed by atoms with Crippen LogP contribution >= 0.6 is 15.9 Å². The molecule has 0 atom stereocenters. The fraction of sp³-hybridized carbons (Fsp3) is 0.0909. The number of halogens is 1. The molecule has 0 saturated heterocycles. The number of nitro groups is 1. The van der Waals surface area contributed by atoms with Gasteiger partial charge in [0.15, 0.2) is 15.7 Å². The number of rotatable bonds is 7. The van der Waals surface area contributed by atoms with Gasteiger partial charge in [0.05, 0.1) is 39.3 Å². The first kappa shape index (κ1) is 22.6. The second kappa shape index (κ2) is 9.12. The summed E-state index contributed by atoms with van der Waals surface area (Å²) in [5, 5.41) is 14.2. The first-order valence-electron chi connectivity index (χ1n) is 9.60. The monoisotopic (exact) mass is 528 g/mol. The van der Waals surface area contributed by atoms with E-state index in [1.165, 1.54) is 18.2 Å². The van der Waals surface area contributed by atoms with E-state index in [1.807, 2.05) is 6.07 Å². The summed E-state index contributed by atoms with van der Waals surface area (Å²) in [6.07, 6.45) is 0. The van der Waals surface area contributed by atoms with Crippen LogP contribution in [0.2, 0.25) is 0 Å². The van der Waals surface area contributed by atoms with Crippen LogP contribution in [0.5, 0.6) is 5.75 Å². The number of methoxy groups -OCH3 is 1. The number of aromatic nitrogens is 2. The molecule has 1 heterocycles. The van der Waals surface area contributed by atoms with Crippen molar-refractivity contribution in [1.29, 1.82) is 0 Å². The minimum Gasteiger partial charge on any atom is -0.497 e. The van der Waals surface area contributed by atoms with Gasteiger partial charge in [-0.3, -0.25) is 10.1 Å². The van der Waals surface area contributed by atoms with Gasteiger partial charge in [0.1, 0.15) is 11.5 Å². The van der Waals surface area contributed by atoms with Gasteiger partial charge in [-0.05, 0) is 46.3 Å². The van der Waals surface area contributed by atoms with Crippen LogP contribution in [-0.4, -0.2) is 30.4 Å². The Balaban J connectivity index is 1.80. The molecule has 0 fully saturated rings. The predicted molar refractivity (Wildman–Crippen MR) is 128 cm³/mol. The molecule has 0 unspecified atom stereocenters. The van der Waals surface area contributed by atoms with Crippen molar-refractivity contribution in [2.24, 2.45) is 0 Å². The van der Waals surface area contributed by atoms with E-state index in [1.54, 1.807) is 43.5 Å². The number of hydrogen-bond donors (Lipinski definition) is 1. The highest BCUT2D eigenvalue weighted by atomic mass is 79.9. The van der Waals surface area contributed by atoms with Crippen LogP contribution in [0, 0.1) is 10.1 Å². The molecule has 0 spiro atoms. The third-order valence-corrected chi connectivity index (χ3v) is 7.10. The van der Waals surface area contributed by atoms with E-state index in [2.05, 4.69) is 31.2 Å². The number of hydrogen-bond acceptors (Lipinski definition) is 8. The third kappa shape index (κ3) is 4.94. The van der Waals surface area contributed by atoms with E-state index < -0.39 is 20.5 Å². The summed E-state index contributed by atoms with van der Waals surface area (Å²) in [5.41, 5.74) is 1.58. The van der Waals surface area contributed by atoms with Crippen molar-refractivity contribution in [3.8, 4) is 5.75 Å². The number of para-hydroxylation sites is 2. The van der Waals surface area contributed by atoms with Crippen molar-refractivity contribution >= 4 is 54.0 Å². The Morgan fingerprint density at radius 3 is 2.45 bits per heavy atom. The molecule has 4 aromatic rings. The minimum absolute atomic E-state index is 0.167. The summed E-state index contributed by atoms with van der Waals surface area (Å²) in [4.78, 5) is 19.4. The number of sulfone groups is 1. The molecule has 4 rings (SSSR count). The molecule has 33 heavy (non-hydrogen) atoms. The van der Waals surface area contributed by atoms with Crippen molar-refractivity contribution in [2.75, 3.05) is 12.4 Å². The van der Waals surface area contributed by atoms with Gasteiger partial charge in [-0.15, -0.1) is 0 Å². The molecule has 0 amide bonds. The number of nitrogens with one attached hydrogen (secondary N) is 1. The van der Waals surface area contributed by atoms with Crippen molar-refractivity contribution in [3.63, 3.8) is 0 Å². The van der Waals surface area contributed by atoms with Crippen molar-refractivity contribution < 1.29 is 18.1 Å².